The van der Waals surface area contributed by atoms with Gasteiger partial charge in [-0.1, -0.05) is 0 Å². The summed E-state index contributed by atoms with van der Waals surface area (Å²) >= 11 is 0. The molecule has 1 saturated heterocycles. The molecule has 6 aromatic rings. The SMILES string of the molecule is Cn1cc(-c2cc3nc(-c4cncn4C)n(-c4cc(C5CCOCC5)c5c(c4)n(C)c(=O)n5C)c3cc2F)cn1. The van der Waals surface area contributed by atoms with Gasteiger partial charge >= 0.3 is 5.69 Å². The molecule has 10 nitrogen and oxygen atoms in total. The van der Waals surface area contributed by atoms with Crippen LogP contribution in [0, 0.1) is 5.82 Å². The third kappa shape index (κ3) is 3.64. The first-order valence-corrected chi connectivity index (χ1v) is 13.3. The number of halogens is 1. The number of hydrogen-bond acceptors (Lipinski definition) is 5. The van der Waals surface area contributed by atoms with E-state index in [1.165, 1.54) is 6.07 Å². The molecule has 0 aliphatic carbocycles. The molecule has 0 amide bonds. The van der Waals surface area contributed by atoms with Crippen LogP contribution in [0.2, 0.25) is 0 Å². The predicted molar refractivity (Wildman–Crippen MR) is 150 cm³/mol. The van der Waals surface area contributed by atoms with E-state index < -0.39 is 0 Å². The monoisotopic (exact) mass is 540 g/mol. The molecule has 2 aromatic carbocycles. The first kappa shape index (κ1) is 24.5. The maximum atomic E-state index is 15.7. The summed E-state index contributed by atoms with van der Waals surface area (Å²) in [5.74, 6) is 0.500. The Balaban J connectivity index is 1.55. The number of imidazole rings is 3. The van der Waals surface area contributed by atoms with Crippen LogP contribution in [0.15, 0.2) is 54.0 Å². The molecule has 0 N–H and O–H groups in total. The number of fused-ring (bicyclic) bond motifs is 2. The third-order valence-corrected chi connectivity index (χ3v) is 8.10. The minimum atomic E-state index is -0.365. The Morgan fingerprint density at radius 3 is 2.48 bits per heavy atom. The van der Waals surface area contributed by atoms with Gasteiger partial charge in [0.05, 0.1) is 46.5 Å². The van der Waals surface area contributed by atoms with Crippen LogP contribution in [0.5, 0.6) is 0 Å². The van der Waals surface area contributed by atoms with Crippen LogP contribution in [0.1, 0.15) is 24.3 Å². The second kappa shape index (κ2) is 9.02. The lowest BCUT2D eigenvalue weighted by Crippen LogP contribution is -2.20. The highest BCUT2D eigenvalue weighted by Crippen LogP contribution is 2.38. The molecule has 0 spiro atoms. The van der Waals surface area contributed by atoms with E-state index in [-0.39, 0.29) is 17.4 Å². The Morgan fingerprint density at radius 1 is 0.975 bits per heavy atom. The zero-order valence-electron chi connectivity index (χ0n) is 22.8. The van der Waals surface area contributed by atoms with E-state index in [4.69, 9.17) is 9.72 Å². The molecule has 0 unspecified atom stereocenters. The van der Waals surface area contributed by atoms with Crippen LogP contribution >= 0.6 is 0 Å². The topological polar surface area (TPSA) is 89.6 Å². The van der Waals surface area contributed by atoms with Crippen molar-refractivity contribution in [3.05, 3.63) is 71.0 Å². The van der Waals surface area contributed by atoms with E-state index >= 15 is 4.39 Å². The fourth-order valence-corrected chi connectivity index (χ4v) is 6.00. The van der Waals surface area contributed by atoms with Crippen LogP contribution in [0.3, 0.4) is 0 Å². The van der Waals surface area contributed by atoms with Gasteiger partial charge in [-0.05, 0) is 42.5 Å². The van der Waals surface area contributed by atoms with Gasteiger partial charge in [0, 0.05) is 64.8 Å². The molecule has 0 radical (unpaired) electrons. The number of rotatable bonds is 4. The number of hydrogen-bond donors (Lipinski definition) is 0. The van der Waals surface area contributed by atoms with Crippen LogP contribution < -0.4 is 5.69 Å². The number of aromatic nitrogens is 8. The van der Waals surface area contributed by atoms with Gasteiger partial charge in [-0.2, -0.15) is 5.10 Å². The smallest absolute Gasteiger partial charge is 0.328 e. The Kier molecular flexibility index (Phi) is 5.53. The van der Waals surface area contributed by atoms with Crippen LogP contribution in [-0.2, 0) is 32.9 Å². The maximum absolute atomic E-state index is 15.7. The van der Waals surface area contributed by atoms with Gasteiger partial charge in [-0.3, -0.25) is 18.4 Å². The third-order valence-electron chi connectivity index (χ3n) is 8.10. The summed E-state index contributed by atoms with van der Waals surface area (Å²) in [7, 11) is 7.32. The summed E-state index contributed by atoms with van der Waals surface area (Å²) in [5, 5.41) is 4.21. The van der Waals surface area contributed by atoms with Gasteiger partial charge < -0.3 is 9.30 Å². The molecule has 1 aliphatic rings. The normalized spacial score (nSPS) is 14.6. The standard InChI is InChI=1S/C29H29FN8O2/c1-34-16-31-14-26(34)28-33-23-11-20(18-13-32-35(2)15-18)22(30)12-24(23)38(28)19-9-21(17-5-7-40-8-6-17)27-25(10-19)36(3)29(39)37(27)4/h9-17H,5-8H2,1-4H3. The van der Waals surface area contributed by atoms with Crippen LogP contribution in [-0.4, -0.2) is 51.2 Å². The minimum Gasteiger partial charge on any atom is -0.381 e. The Bertz CT molecular complexity index is 1980. The molecule has 11 heteroatoms. The van der Waals surface area contributed by atoms with Crippen molar-refractivity contribution >= 4 is 22.1 Å². The molecule has 0 saturated carbocycles. The summed E-state index contributed by atoms with van der Waals surface area (Å²) in [6.45, 7) is 1.35. The van der Waals surface area contributed by atoms with Crippen molar-refractivity contribution in [2.24, 2.45) is 28.2 Å². The summed E-state index contributed by atoms with van der Waals surface area (Å²) in [5.41, 5.74) is 6.71. The molecule has 5 heterocycles. The molecule has 40 heavy (non-hydrogen) atoms. The molecule has 7 rings (SSSR count). The first-order chi connectivity index (χ1) is 19.3. The second-order valence-corrected chi connectivity index (χ2v) is 10.6. The number of aryl methyl sites for hydroxylation is 4. The van der Waals surface area contributed by atoms with Gasteiger partial charge in [-0.15, -0.1) is 0 Å². The summed E-state index contributed by atoms with van der Waals surface area (Å²) in [6.07, 6.45) is 8.64. The summed E-state index contributed by atoms with van der Waals surface area (Å²) < 4.78 is 30.3. The number of ether oxygens (including phenoxy) is 1. The van der Waals surface area contributed by atoms with Crippen molar-refractivity contribution in [3.8, 4) is 28.3 Å². The molecule has 1 fully saturated rings. The van der Waals surface area contributed by atoms with Gasteiger partial charge in [0.1, 0.15) is 11.5 Å². The van der Waals surface area contributed by atoms with E-state index in [0.717, 1.165) is 40.8 Å². The van der Waals surface area contributed by atoms with E-state index in [1.807, 2.05) is 29.3 Å². The number of nitrogens with zero attached hydrogens (tertiary/aromatic N) is 8. The van der Waals surface area contributed by atoms with Crippen LogP contribution in [0.25, 0.3) is 50.4 Å². The maximum Gasteiger partial charge on any atom is 0.328 e. The fraction of sp³-hybridized carbons (Fsp3) is 0.310. The fourth-order valence-electron chi connectivity index (χ4n) is 6.00. The average molecular weight is 541 g/mol. The van der Waals surface area contributed by atoms with Crippen molar-refractivity contribution in [2.45, 2.75) is 18.8 Å². The summed E-state index contributed by atoms with van der Waals surface area (Å²) in [4.78, 5) is 22.4. The Morgan fingerprint density at radius 2 is 1.77 bits per heavy atom. The van der Waals surface area contributed by atoms with Crippen LogP contribution in [0.4, 0.5) is 4.39 Å². The van der Waals surface area contributed by atoms with Gasteiger partial charge in [-0.25, -0.2) is 19.2 Å². The van der Waals surface area contributed by atoms with E-state index in [2.05, 4.69) is 16.1 Å². The van der Waals surface area contributed by atoms with Crippen molar-refractivity contribution in [1.82, 2.24) is 38.0 Å². The Labute approximate surface area is 228 Å². The van der Waals surface area contributed by atoms with Gasteiger partial charge in [0.15, 0.2) is 5.82 Å². The Hall–Kier alpha value is -4.51. The molecule has 4 aromatic heterocycles. The van der Waals surface area contributed by atoms with Crippen molar-refractivity contribution < 1.29 is 9.13 Å². The highest BCUT2D eigenvalue weighted by Gasteiger charge is 2.26. The number of benzene rings is 2. The lowest BCUT2D eigenvalue weighted by molar-refractivity contribution is 0.0855. The molecule has 204 valence electrons. The average Bonchev–Trinajstić information content (AvgIpc) is 3.72. The van der Waals surface area contributed by atoms with Gasteiger partial charge in [0.25, 0.3) is 0 Å². The van der Waals surface area contributed by atoms with Crippen molar-refractivity contribution in [1.29, 1.82) is 0 Å². The van der Waals surface area contributed by atoms with Gasteiger partial charge in [0.2, 0.25) is 0 Å². The lowest BCUT2D eigenvalue weighted by atomic mass is 9.90. The highest BCUT2D eigenvalue weighted by atomic mass is 19.1. The zero-order chi connectivity index (χ0) is 27.7. The molecule has 0 atom stereocenters. The molecule has 0 bridgehead atoms. The largest absolute Gasteiger partial charge is 0.381 e. The zero-order valence-corrected chi connectivity index (χ0v) is 22.8. The predicted octanol–water partition coefficient (Wildman–Crippen LogP) is 4.05. The van der Waals surface area contributed by atoms with E-state index in [0.29, 0.717) is 41.2 Å². The van der Waals surface area contributed by atoms with E-state index in [9.17, 15) is 4.79 Å². The van der Waals surface area contributed by atoms with Crippen molar-refractivity contribution in [3.63, 3.8) is 0 Å². The van der Waals surface area contributed by atoms with E-state index in [1.54, 1.807) is 58.9 Å². The highest BCUT2D eigenvalue weighted by molar-refractivity contribution is 5.89. The minimum absolute atomic E-state index is 0.0880. The molecular formula is C29H29FN8O2. The lowest BCUT2D eigenvalue weighted by Gasteiger charge is -2.24. The first-order valence-electron chi connectivity index (χ1n) is 13.3. The molecule has 1 aliphatic heterocycles. The van der Waals surface area contributed by atoms with Crippen molar-refractivity contribution in [2.75, 3.05) is 13.2 Å². The summed E-state index contributed by atoms with van der Waals surface area (Å²) in [6, 6.07) is 7.43. The molecular weight excluding hydrogens is 511 g/mol. The second-order valence-electron chi connectivity index (χ2n) is 10.6. The quantitative estimate of drug-likeness (QED) is 0.337.